The van der Waals surface area contributed by atoms with Gasteiger partial charge >= 0.3 is 5.97 Å². The van der Waals surface area contributed by atoms with Crippen molar-refractivity contribution in [3.63, 3.8) is 0 Å². The lowest BCUT2D eigenvalue weighted by Gasteiger charge is -2.28. The molecule has 2 rings (SSSR count). The maximum absolute atomic E-state index is 11.6. The van der Waals surface area contributed by atoms with Crippen LogP contribution < -0.4 is 10.5 Å². The van der Waals surface area contributed by atoms with Gasteiger partial charge in [0.1, 0.15) is 5.75 Å². The molecule has 0 amide bonds. The molecule has 1 aromatic rings. The highest BCUT2D eigenvalue weighted by molar-refractivity contribution is 5.76. The highest BCUT2D eigenvalue weighted by Crippen LogP contribution is 2.48. The smallest absolute Gasteiger partial charge is 0.311 e. The fourth-order valence-corrected chi connectivity index (χ4v) is 2.55. The summed E-state index contributed by atoms with van der Waals surface area (Å²) in [6.07, 6.45) is 2.35. The van der Waals surface area contributed by atoms with E-state index in [1.807, 2.05) is 24.3 Å². The minimum absolute atomic E-state index is 0.172. The summed E-state index contributed by atoms with van der Waals surface area (Å²) < 4.78 is 5.28. The molecule has 0 aliphatic heterocycles. The molecule has 0 bridgehead atoms. The molecule has 4 nitrogen and oxygen atoms in total. The molecule has 0 radical (unpaired) electrons. The zero-order valence-corrected chi connectivity index (χ0v) is 10.6. The van der Waals surface area contributed by atoms with Crippen LogP contribution in [0.1, 0.15) is 18.4 Å². The van der Waals surface area contributed by atoms with E-state index >= 15 is 0 Å². The van der Waals surface area contributed by atoms with Crippen LogP contribution in [0, 0.1) is 11.3 Å². The maximum Gasteiger partial charge on any atom is 0.311 e. The summed E-state index contributed by atoms with van der Waals surface area (Å²) >= 11 is 0. The lowest BCUT2D eigenvalue weighted by molar-refractivity contribution is -0.149. The van der Waals surface area contributed by atoms with Crippen molar-refractivity contribution < 1.29 is 14.6 Å². The molecule has 0 heterocycles. The van der Waals surface area contributed by atoms with Gasteiger partial charge in [0, 0.05) is 6.54 Å². The van der Waals surface area contributed by atoms with Crippen LogP contribution in [0.5, 0.6) is 5.75 Å². The number of carbonyl (C=O) groups is 1. The van der Waals surface area contributed by atoms with Gasteiger partial charge in [0.15, 0.2) is 0 Å². The summed E-state index contributed by atoms with van der Waals surface area (Å²) in [5, 5.41) is 9.54. The van der Waals surface area contributed by atoms with E-state index < -0.39 is 11.4 Å². The first-order valence-corrected chi connectivity index (χ1v) is 6.19. The zero-order valence-electron chi connectivity index (χ0n) is 10.6. The standard InChI is InChI=1S/C14H19NO3/c1-18-12-5-3-2-4-10(12)8-14(9-15,13(16)17)11-6-7-11/h2-5,11H,6-9,15H2,1H3,(H,16,17). The topological polar surface area (TPSA) is 72.5 Å². The first-order valence-electron chi connectivity index (χ1n) is 6.19. The lowest BCUT2D eigenvalue weighted by Crippen LogP contribution is -2.42. The van der Waals surface area contributed by atoms with Gasteiger partial charge in [0.05, 0.1) is 12.5 Å². The Labute approximate surface area is 107 Å². The molecule has 4 heteroatoms. The lowest BCUT2D eigenvalue weighted by atomic mass is 9.77. The molecular formula is C14H19NO3. The van der Waals surface area contributed by atoms with Gasteiger partial charge in [0.2, 0.25) is 0 Å². The number of carboxylic acid groups (broad SMARTS) is 1. The molecule has 0 aromatic heterocycles. The van der Waals surface area contributed by atoms with E-state index in [9.17, 15) is 9.90 Å². The van der Waals surface area contributed by atoms with Gasteiger partial charge in [-0.05, 0) is 36.8 Å². The number of ether oxygens (including phenoxy) is 1. The monoisotopic (exact) mass is 249 g/mol. The summed E-state index contributed by atoms with van der Waals surface area (Å²) in [4.78, 5) is 11.6. The molecule has 1 fully saturated rings. The van der Waals surface area contributed by atoms with Crippen molar-refractivity contribution in [3.8, 4) is 5.75 Å². The largest absolute Gasteiger partial charge is 0.496 e. The molecule has 98 valence electrons. The van der Waals surface area contributed by atoms with Crippen molar-refractivity contribution in [1.29, 1.82) is 0 Å². The summed E-state index contributed by atoms with van der Waals surface area (Å²) in [5.41, 5.74) is 5.85. The van der Waals surface area contributed by atoms with E-state index in [-0.39, 0.29) is 12.5 Å². The van der Waals surface area contributed by atoms with Crippen LogP contribution in [-0.2, 0) is 11.2 Å². The predicted molar refractivity (Wildman–Crippen MR) is 68.5 cm³/mol. The number of aliphatic carboxylic acids is 1. The van der Waals surface area contributed by atoms with Crippen LogP contribution in [0.2, 0.25) is 0 Å². The molecule has 1 aliphatic carbocycles. The third-order valence-corrected chi connectivity index (χ3v) is 3.85. The number of carboxylic acids is 1. The van der Waals surface area contributed by atoms with Crippen molar-refractivity contribution in [2.24, 2.45) is 17.1 Å². The molecule has 1 unspecified atom stereocenters. The van der Waals surface area contributed by atoms with Crippen LogP contribution in [0.4, 0.5) is 0 Å². The molecule has 18 heavy (non-hydrogen) atoms. The number of methoxy groups -OCH3 is 1. The Morgan fingerprint density at radius 3 is 2.67 bits per heavy atom. The van der Waals surface area contributed by atoms with Gasteiger partial charge in [0.25, 0.3) is 0 Å². The van der Waals surface area contributed by atoms with Crippen molar-refractivity contribution in [3.05, 3.63) is 29.8 Å². The number of benzene rings is 1. The van der Waals surface area contributed by atoms with Gasteiger partial charge in [-0.15, -0.1) is 0 Å². The normalized spacial score (nSPS) is 18.1. The van der Waals surface area contributed by atoms with Crippen LogP contribution >= 0.6 is 0 Å². The van der Waals surface area contributed by atoms with Gasteiger partial charge in [-0.1, -0.05) is 18.2 Å². The van der Waals surface area contributed by atoms with Gasteiger partial charge in [-0.2, -0.15) is 0 Å². The van der Waals surface area contributed by atoms with Crippen LogP contribution in [0.3, 0.4) is 0 Å². The fraction of sp³-hybridized carbons (Fsp3) is 0.500. The van der Waals surface area contributed by atoms with E-state index in [4.69, 9.17) is 10.5 Å². The Bertz CT molecular complexity index is 442. The fourth-order valence-electron chi connectivity index (χ4n) is 2.55. The molecule has 1 aliphatic rings. The Morgan fingerprint density at radius 1 is 1.50 bits per heavy atom. The number of para-hydroxylation sites is 1. The second-order valence-electron chi connectivity index (χ2n) is 4.93. The van der Waals surface area contributed by atoms with Crippen LogP contribution in [0.15, 0.2) is 24.3 Å². The average molecular weight is 249 g/mol. The first kappa shape index (κ1) is 12.9. The van der Waals surface area contributed by atoms with Crippen molar-refractivity contribution >= 4 is 5.97 Å². The summed E-state index contributed by atoms with van der Waals surface area (Å²) in [6.45, 7) is 0.172. The predicted octanol–water partition coefficient (Wildman–Crippen LogP) is 1.68. The molecule has 1 aromatic carbocycles. The molecule has 0 spiro atoms. The molecule has 0 saturated heterocycles. The SMILES string of the molecule is COc1ccccc1CC(CN)(C(=O)O)C1CC1. The van der Waals surface area contributed by atoms with E-state index in [2.05, 4.69) is 0 Å². The minimum Gasteiger partial charge on any atom is -0.496 e. The number of nitrogens with two attached hydrogens (primary N) is 1. The van der Waals surface area contributed by atoms with Gasteiger partial charge in [-0.3, -0.25) is 4.79 Å². The Kier molecular flexibility index (Phi) is 3.57. The van der Waals surface area contributed by atoms with Crippen molar-refractivity contribution in [2.75, 3.05) is 13.7 Å². The quantitative estimate of drug-likeness (QED) is 0.804. The third-order valence-electron chi connectivity index (χ3n) is 3.85. The zero-order chi connectivity index (χ0) is 13.2. The third kappa shape index (κ3) is 2.20. The molecule has 1 atom stereocenters. The number of rotatable bonds is 6. The molecule has 1 saturated carbocycles. The average Bonchev–Trinajstić information content (AvgIpc) is 3.20. The maximum atomic E-state index is 11.6. The summed E-state index contributed by atoms with van der Waals surface area (Å²) in [7, 11) is 1.60. The highest BCUT2D eigenvalue weighted by Gasteiger charge is 2.50. The summed E-state index contributed by atoms with van der Waals surface area (Å²) in [6, 6.07) is 7.54. The second-order valence-corrected chi connectivity index (χ2v) is 4.93. The van der Waals surface area contributed by atoms with E-state index in [1.165, 1.54) is 0 Å². The molecule has 3 N–H and O–H groups in total. The Balaban J connectivity index is 2.31. The number of hydrogen-bond acceptors (Lipinski definition) is 3. The second kappa shape index (κ2) is 4.98. The van der Waals surface area contributed by atoms with Crippen molar-refractivity contribution in [1.82, 2.24) is 0 Å². The van der Waals surface area contributed by atoms with Crippen molar-refractivity contribution in [2.45, 2.75) is 19.3 Å². The van der Waals surface area contributed by atoms with E-state index in [1.54, 1.807) is 7.11 Å². The Hall–Kier alpha value is -1.55. The van der Waals surface area contributed by atoms with E-state index in [0.717, 1.165) is 24.2 Å². The molecular weight excluding hydrogens is 230 g/mol. The highest BCUT2D eigenvalue weighted by atomic mass is 16.5. The summed E-state index contributed by atoms with van der Waals surface area (Å²) in [5.74, 6) is 0.139. The van der Waals surface area contributed by atoms with E-state index in [0.29, 0.717) is 6.42 Å². The minimum atomic E-state index is -0.839. The van der Waals surface area contributed by atoms with Crippen LogP contribution in [0.25, 0.3) is 0 Å². The van der Waals surface area contributed by atoms with Crippen LogP contribution in [-0.4, -0.2) is 24.7 Å². The first-order chi connectivity index (χ1) is 8.64. The number of hydrogen-bond donors (Lipinski definition) is 2. The Morgan fingerprint density at radius 2 is 2.17 bits per heavy atom. The van der Waals surface area contributed by atoms with Gasteiger partial charge in [-0.25, -0.2) is 0 Å². The van der Waals surface area contributed by atoms with Gasteiger partial charge < -0.3 is 15.6 Å².